The molecule has 0 aliphatic heterocycles. The molecule has 2 rings (SSSR count). The molecular weight excluding hydrogens is 493 g/mol. The number of halogens is 2. The number of likely N-dealkylation sites (N-methyl/N-ethyl adjacent to an activating group) is 1. The van der Waals surface area contributed by atoms with Crippen LogP contribution in [-0.2, 0) is 12.8 Å². The van der Waals surface area contributed by atoms with E-state index in [0.29, 0.717) is 0 Å². The van der Waals surface area contributed by atoms with Crippen LogP contribution in [0.2, 0.25) is 0 Å². The number of aliphatic imine (C=N–C) groups is 1. The van der Waals surface area contributed by atoms with E-state index in [0.717, 1.165) is 31.9 Å². The zero-order valence-electron chi connectivity index (χ0n) is 12.7. The van der Waals surface area contributed by atoms with E-state index in [2.05, 4.69) is 67.8 Å². The largest absolute Gasteiger partial charge is 0.356 e. The number of nitrogens with one attached hydrogen (secondary N) is 1. The maximum atomic E-state index is 4.35. The Bertz CT molecular complexity index is 569. The van der Waals surface area contributed by atoms with Crippen molar-refractivity contribution in [1.29, 1.82) is 0 Å². The van der Waals surface area contributed by atoms with Crippen molar-refractivity contribution >= 4 is 68.5 Å². The Labute approximate surface area is 166 Å². The molecule has 3 nitrogen and oxygen atoms in total. The first-order valence-electron chi connectivity index (χ1n) is 6.87. The van der Waals surface area contributed by atoms with E-state index >= 15 is 0 Å². The van der Waals surface area contributed by atoms with E-state index in [1.807, 2.05) is 18.4 Å². The minimum atomic E-state index is 0. The lowest BCUT2D eigenvalue weighted by atomic mass is 10.3. The van der Waals surface area contributed by atoms with Crippen molar-refractivity contribution in [3.05, 3.63) is 43.2 Å². The first-order chi connectivity index (χ1) is 10.2. The predicted molar refractivity (Wildman–Crippen MR) is 113 cm³/mol. The fourth-order valence-electron chi connectivity index (χ4n) is 2.01. The van der Waals surface area contributed by atoms with Crippen LogP contribution in [-0.4, -0.2) is 38.0 Å². The number of guanidine groups is 1. The van der Waals surface area contributed by atoms with Crippen LogP contribution in [0, 0.1) is 0 Å². The number of rotatable bonds is 6. The summed E-state index contributed by atoms with van der Waals surface area (Å²) in [5.74, 6) is 0.960. The van der Waals surface area contributed by atoms with E-state index in [1.165, 1.54) is 13.5 Å². The van der Waals surface area contributed by atoms with Gasteiger partial charge in [0.2, 0.25) is 0 Å². The van der Waals surface area contributed by atoms with Crippen molar-refractivity contribution in [3.8, 4) is 0 Å². The van der Waals surface area contributed by atoms with Gasteiger partial charge < -0.3 is 10.2 Å². The Kier molecular flexibility index (Phi) is 9.62. The summed E-state index contributed by atoms with van der Waals surface area (Å²) < 4.78 is 1.19. The van der Waals surface area contributed by atoms with Gasteiger partial charge >= 0.3 is 0 Å². The van der Waals surface area contributed by atoms with Gasteiger partial charge in [-0.25, -0.2) is 0 Å². The molecule has 1 N–H and O–H groups in total. The quantitative estimate of drug-likeness (QED) is 0.350. The molecule has 0 unspecified atom stereocenters. The van der Waals surface area contributed by atoms with Crippen LogP contribution in [0.1, 0.15) is 9.75 Å². The minimum absolute atomic E-state index is 0. The van der Waals surface area contributed by atoms with E-state index in [-0.39, 0.29) is 24.0 Å². The van der Waals surface area contributed by atoms with Crippen molar-refractivity contribution in [1.82, 2.24) is 10.2 Å². The highest BCUT2D eigenvalue weighted by atomic mass is 127. The molecule has 122 valence electrons. The van der Waals surface area contributed by atoms with Crippen LogP contribution in [0.15, 0.2) is 38.4 Å². The zero-order chi connectivity index (χ0) is 15.1. The van der Waals surface area contributed by atoms with Gasteiger partial charge in [0.1, 0.15) is 0 Å². The molecule has 2 aromatic heterocycles. The van der Waals surface area contributed by atoms with Crippen LogP contribution in [0.4, 0.5) is 0 Å². The van der Waals surface area contributed by atoms with Crippen molar-refractivity contribution < 1.29 is 0 Å². The second kappa shape index (κ2) is 10.6. The van der Waals surface area contributed by atoms with Crippen LogP contribution >= 0.6 is 62.6 Å². The zero-order valence-corrected chi connectivity index (χ0v) is 18.3. The van der Waals surface area contributed by atoms with Gasteiger partial charge in [-0.05, 0) is 52.4 Å². The van der Waals surface area contributed by atoms with E-state index in [4.69, 9.17) is 0 Å². The van der Waals surface area contributed by atoms with Crippen molar-refractivity contribution in [2.45, 2.75) is 12.8 Å². The number of hydrogen-bond acceptors (Lipinski definition) is 3. The average Bonchev–Trinajstić information content (AvgIpc) is 3.12. The lowest BCUT2D eigenvalue weighted by Crippen LogP contribution is -2.40. The first-order valence-corrected chi connectivity index (χ1v) is 9.36. The highest BCUT2D eigenvalue weighted by molar-refractivity contribution is 14.0. The SMILES string of the molecule is CN=C(NCCc1ccc(Br)s1)N(C)CCc1cccs1.I. The van der Waals surface area contributed by atoms with Gasteiger partial charge in [0.05, 0.1) is 3.79 Å². The molecule has 0 amide bonds. The van der Waals surface area contributed by atoms with Crippen molar-refractivity contribution in [2.24, 2.45) is 4.99 Å². The average molecular weight is 514 g/mol. The summed E-state index contributed by atoms with van der Waals surface area (Å²) in [5, 5.41) is 5.55. The Hall–Kier alpha value is -0.120. The van der Waals surface area contributed by atoms with Crippen LogP contribution in [0.3, 0.4) is 0 Å². The number of nitrogens with zero attached hydrogens (tertiary/aromatic N) is 2. The molecule has 7 heteroatoms. The Balaban J connectivity index is 0.00000242. The van der Waals surface area contributed by atoms with Gasteiger partial charge in [-0.2, -0.15) is 0 Å². The molecule has 0 spiro atoms. The first kappa shape index (κ1) is 19.9. The third-order valence-corrected chi connectivity index (χ3v) is 5.75. The third kappa shape index (κ3) is 6.55. The molecule has 2 aromatic rings. The monoisotopic (exact) mass is 513 g/mol. The summed E-state index contributed by atoms with van der Waals surface area (Å²) in [6.07, 6.45) is 2.08. The molecule has 2 heterocycles. The molecular formula is C15H21BrIN3S2. The van der Waals surface area contributed by atoms with Gasteiger partial charge in [0.25, 0.3) is 0 Å². The molecule has 0 atom stereocenters. The molecule has 0 saturated heterocycles. The molecule has 0 saturated carbocycles. The minimum Gasteiger partial charge on any atom is -0.356 e. The van der Waals surface area contributed by atoms with Crippen LogP contribution in [0.25, 0.3) is 0 Å². The lowest BCUT2D eigenvalue weighted by molar-refractivity contribution is 0.487. The summed E-state index contributed by atoms with van der Waals surface area (Å²) in [4.78, 5) is 9.34. The number of thiophene rings is 2. The Morgan fingerprint density at radius 2 is 2.09 bits per heavy atom. The van der Waals surface area contributed by atoms with Crippen LogP contribution in [0.5, 0.6) is 0 Å². The van der Waals surface area contributed by atoms with Gasteiger partial charge in [-0.1, -0.05) is 6.07 Å². The summed E-state index contributed by atoms with van der Waals surface area (Å²) in [6.45, 7) is 1.88. The maximum Gasteiger partial charge on any atom is 0.193 e. The molecule has 0 bridgehead atoms. The smallest absolute Gasteiger partial charge is 0.193 e. The van der Waals surface area contributed by atoms with E-state index in [9.17, 15) is 0 Å². The Morgan fingerprint density at radius 3 is 2.68 bits per heavy atom. The third-order valence-electron chi connectivity index (χ3n) is 3.13. The molecule has 0 fully saturated rings. The fourth-order valence-corrected chi connectivity index (χ4v) is 4.19. The second-order valence-electron chi connectivity index (χ2n) is 4.68. The Morgan fingerprint density at radius 1 is 1.27 bits per heavy atom. The molecule has 22 heavy (non-hydrogen) atoms. The fraction of sp³-hybridized carbons (Fsp3) is 0.400. The number of hydrogen-bond donors (Lipinski definition) is 1. The molecule has 0 aliphatic rings. The summed E-state index contributed by atoms with van der Waals surface area (Å²) >= 11 is 7.10. The van der Waals surface area contributed by atoms with Gasteiger partial charge in [0.15, 0.2) is 5.96 Å². The van der Waals surface area contributed by atoms with Crippen molar-refractivity contribution in [3.63, 3.8) is 0 Å². The molecule has 0 aliphatic carbocycles. The van der Waals surface area contributed by atoms with Crippen LogP contribution < -0.4 is 5.32 Å². The van der Waals surface area contributed by atoms with Gasteiger partial charge in [0, 0.05) is 36.9 Å². The van der Waals surface area contributed by atoms with E-state index in [1.54, 1.807) is 11.3 Å². The van der Waals surface area contributed by atoms with Gasteiger partial charge in [-0.15, -0.1) is 46.7 Å². The lowest BCUT2D eigenvalue weighted by Gasteiger charge is -2.21. The maximum absolute atomic E-state index is 4.35. The second-order valence-corrected chi connectivity index (χ2v) is 8.26. The van der Waals surface area contributed by atoms with Crippen molar-refractivity contribution in [2.75, 3.05) is 27.2 Å². The molecule has 0 aromatic carbocycles. The highest BCUT2D eigenvalue weighted by Gasteiger charge is 2.06. The highest BCUT2D eigenvalue weighted by Crippen LogP contribution is 2.22. The topological polar surface area (TPSA) is 27.6 Å². The van der Waals surface area contributed by atoms with E-state index < -0.39 is 0 Å². The summed E-state index contributed by atoms with van der Waals surface area (Å²) in [7, 11) is 3.93. The summed E-state index contributed by atoms with van der Waals surface area (Å²) in [5.41, 5.74) is 0. The standard InChI is InChI=1S/C15H20BrN3S2.HI/c1-17-15(18-9-7-13-5-6-14(16)21-13)19(2)10-8-12-4-3-11-20-12;/h3-6,11H,7-10H2,1-2H3,(H,17,18);1H. The summed E-state index contributed by atoms with van der Waals surface area (Å²) in [6, 6.07) is 8.55. The predicted octanol–water partition coefficient (Wildman–Crippen LogP) is 4.48. The van der Waals surface area contributed by atoms with Gasteiger partial charge in [-0.3, -0.25) is 4.99 Å². The normalized spacial score (nSPS) is 11.1. The molecule has 0 radical (unpaired) electrons.